The van der Waals surface area contributed by atoms with E-state index < -0.39 is 0 Å². The van der Waals surface area contributed by atoms with Crippen LogP contribution in [0.15, 0.2) is 47.4 Å². The minimum Gasteiger partial charge on any atom is -0.493 e. The van der Waals surface area contributed by atoms with Crippen molar-refractivity contribution in [2.24, 2.45) is 0 Å². The first-order valence-corrected chi connectivity index (χ1v) is 11.0. The van der Waals surface area contributed by atoms with Crippen molar-refractivity contribution in [3.05, 3.63) is 58.1 Å². The van der Waals surface area contributed by atoms with E-state index in [0.717, 1.165) is 15.5 Å². The van der Waals surface area contributed by atoms with Gasteiger partial charge in [0.2, 0.25) is 11.0 Å². The van der Waals surface area contributed by atoms with Crippen molar-refractivity contribution >= 4 is 45.7 Å². The third-order valence-electron chi connectivity index (χ3n) is 3.93. The Hall–Kier alpha value is -2.29. The van der Waals surface area contributed by atoms with Crippen molar-refractivity contribution < 1.29 is 14.3 Å². The molecule has 0 spiro atoms. The number of carbonyl (C=O) groups excluding carboxylic acids is 1. The number of ether oxygens (including phenoxy) is 2. The fraction of sp³-hybridized carbons (Fsp3) is 0.250. The predicted octanol–water partition coefficient (Wildman–Crippen LogP) is 4.92. The Balaban J connectivity index is 1.49. The molecule has 0 aliphatic rings. The molecule has 3 aromatic rings. The third kappa shape index (κ3) is 6.35. The number of hydrogen-bond donors (Lipinski definition) is 1. The molecule has 1 aromatic heterocycles. The molecular formula is C20H20ClN3O3S2. The highest BCUT2D eigenvalue weighted by Crippen LogP contribution is 2.29. The van der Waals surface area contributed by atoms with E-state index in [9.17, 15) is 4.79 Å². The lowest BCUT2D eigenvalue weighted by Gasteiger charge is -2.08. The van der Waals surface area contributed by atoms with Crippen molar-refractivity contribution in [2.75, 3.05) is 25.3 Å². The first-order valence-electron chi connectivity index (χ1n) is 8.79. The number of thioether (sulfide) groups is 1. The molecule has 1 heterocycles. The van der Waals surface area contributed by atoms with Crippen LogP contribution in [-0.2, 0) is 11.2 Å². The summed E-state index contributed by atoms with van der Waals surface area (Å²) in [7, 11) is 3.21. The van der Waals surface area contributed by atoms with Gasteiger partial charge in [0.15, 0.2) is 11.5 Å². The normalized spacial score (nSPS) is 10.6. The van der Waals surface area contributed by atoms with Crippen LogP contribution in [-0.4, -0.2) is 36.1 Å². The Kier molecular flexibility index (Phi) is 7.74. The smallest absolute Gasteiger partial charge is 0.227 e. The number of amides is 1. The van der Waals surface area contributed by atoms with E-state index in [0.29, 0.717) is 40.2 Å². The largest absolute Gasteiger partial charge is 0.493 e. The molecule has 152 valence electrons. The summed E-state index contributed by atoms with van der Waals surface area (Å²) < 4.78 is 10.6. The molecule has 6 nitrogen and oxygen atoms in total. The summed E-state index contributed by atoms with van der Waals surface area (Å²) in [6.07, 6.45) is 0.984. The number of benzene rings is 2. The number of rotatable bonds is 9. The molecule has 0 aliphatic carbocycles. The number of anilines is 1. The van der Waals surface area contributed by atoms with Crippen LogP contribution in [0.25, 0.3) is 0 Å². The second-order valence-electron chi connectivity index (χ2n) is 5.97. The summed E-state index contributed by atoms with van der Waals surface area (Å²) in [6.45, 7) is 0. The van der Waals surface area contributed by atoms with Crippen LogP contribution in [0.3, 0.4) is 0 Å². The highest BCUT2D eigenvalue weighted by molar-refractivity contribution is 7.99. The highest BCUT2D eigenvalue weighted by Gasteiger charge is 2.11. The number of halogens is 1. The Labute approximate surface area is 182 Å². The minimum absolute atomic E-state index is 0.0831. The van der Waals surface area contributed by atoms with E-state index in [2.05, 4.69) is 15.5 Å². The zero-order chi connectivity index (χ0) is 20.6. The zero-order valence-corrected chi connectivity index (χ0v) is 18.4. The fourth-order valence-electron chi connectivity index (χ4n) is 2.51. The van der Waals surface area contributed by atoms with E-state index in [1.807, 2.05) is 42.5 Å². The van der Waals surface area contributed by atoms with Gasteiger partial charge in [0.1, 0.15) is 5.01 Å². The summed E-state index contributed by atoms with van der Waals surface area (Å²) in [6, 6.07) is 13.3. The zero-order valence-electron chi connectivity index (χ0n) is 16.0. The van der Waals surface area contributed by atoms with Crippen molar-refractivity contribution in [1.82, 2.24) is 10.2 Å². The van der Waals surface area contributed by atoms with Crippen LogP contribution in [0.4, 0.5) is 5.13 Å². The van der Waals surface area contributed by atoms with E-state index in [1.54, 1.807) is 26.0 Å². The first-order chi connectivity index (χ1) is 14.1. The van der Waals surface area contributed by atoms with E-state index in [4.69, 9.17) is 21.1 Å². The molecule has 0 saturated heterocycles. The van der Waals surface area contributed by atoms with Crippen molar-refractivity contribution in [3.63, 3.8) is 0 Å². The van der Waals surface area contributed by atoms with E-state index in [1.165, 1.54) is 11.3 Å². The number of aromatic nitrogens is 2. The maximum Gasteiger partial charge on any atom is 0.227 e. The Morgan fingerprint density at radius 2 is 1.86 bits per heavy atom. The molecule has 0 aliphatic heterocycles. The van der Waals surface area contributed by atoms with Gasteiger partial charge in [-0.05, 0) is 42.0 Å². The molecule has 0 atom stereocenters. The van der Waals surface area contributed by atoms with E-state index >= 15 is 0 Å². The van der Waals surface area contributed by atoms with Gasteiger partial charge in [0.25, 0.3) is 0 Å². The highest BCUT2D eigenvalue weighted by atomic mass is 35.5. The SMILES string of the molecule is COc1ccc(Cc2nnc(NC(=O)CCSc3ccc(Cl)cc3)s2)cc1OC. The van der Waals surface area contributed by atoms with E-state index in [-0.39, 0.29) is 5.91 Å². The fourth-order valence-corrected chi connectivity index (χ4v) is 4.28. The van der Waals surface area contributed by atoms with Gasteiger partial charge in [-0.25, -0.2) is 0 Å². The molecule has 0 unspecified atom stereocenters. The Bertz CT molecular complexity index is 964. The van der Waals surface area contributed by atoms with Crippen molar-refractivity contribution in [1.29, 1.82) is 0 Å². The second-order valence-corrected chi connectivity index (χ2v) is 8.63. The van der Waals surface area contributed by atoms with Gasteiger partial charge in [-0.2, -0.15) is 0 Å². The number of methoxy groups -OCH3 is 2. The first kappa shape index (κ1) is 21.4. The summed E-state index contributed by atoms with van der Waals surface area (Å²) in [5, 5.41) is 13.0. The molecule has 9 heteroatoms. The number of nitrogens with one attached hydrogen (secondary N) is 1. The molecule has 1 N–H and O–H groups in total. The summed E-state index contributed by atoms with van der Waals surface area (Å²) >= 11 is 8.84. The van der Waals surface area contributed by atoms with Gasteiger partial charge in [-0.3, -0.25) is 4.79 Å². The van der Waals surface area contributed by atoms with Crippen LogP contribution < -0.4 is 14.8 Å². The summed E-state index contributed by atoms with van der Waals surface area (Å²) in [5.41, 5.74) is 1.02. The van der Waals surface area contributed by atoms with Gasteiger partial charge < -0.3 is 14.8 Å². The van der Waals surface area contributed by atoms with Crippen molar-refractivity contribution in [3.8, 4) is 11.5 Å². The van der Waals surface area contributed by atoms with Gasteiger partial charge in [-0.15, -0.1) is 22.0 Å². The lowest BCUT2D eigenvalue weighted by Crippen LogP contribution is -2.11. The maximum absolute atomic E-state index is 12.1. The lowest BCUT2D eigenvalue weighted by molar-refractivity contribution is -0.115. The average molecular weight is 450 g/mol. The van der Waals surface area contributed by atoms with Crippen LogP contribution in [0.1, 0.15) is 17.0 Å². The minimum atomic E-state index is -0.0831. The number of hydrogen-bond acceptors (Lipinski definition) is 7. The molecule has 1 amide bonds. The van der Waals surface area contributed by atoms with Gasteiger partial charge >= 0.3 is 0 Å². The molecule has 0 saturated carbocycles. The van der Waals surface area contributed by atoms with Gasteiger partial charge in [-0.1, -0.05) is 29.0 Å². The predicted molar refractivity (Wildman–Crippen MR) is 118 cm³/mol. The monoisotopic (exact) mass is 449 g/mol. The molecule has 2 aromatic carbocycles. The standard InChI is InChI=1S/C20H20ClN3O3S2/c1-26-16-8-3-13(11-17(16)27-2)12-19-23-24-20(29-19)22-18(25)9-10-28-15-6-4-14(21)5-7-15/h3-8,11H,9-10,12H2,1-2H3,(H,22,24,25). The second kappa shape index (κ2) is 10.5. The van der Waals surface area contributed by atoms with Crippen LogP contribution in [0.2, 0.25) is 5.02 Å². The topological polar surface area (TPSA) is 73.3 Å². The van der Waals surface area contributed by atoms with Crippen molar-refractivity contribution in [2.45, 2.75) is 17.7 Å². The molecule has 3 rings (SSSR count). The molecule has 0 radical (unpaired) electrons. The quantitative estimate of drug-likeness (QED) is 0.467. The number of carbonyl (C=O) groups is 1. The van der Waals surface area contributed by atoms with Gasteiger partial charge in [0.05, 0.1) is 14.2 Å². The summed E-state index contributed by atoms with van der Waals surface area (Å²) in [5.74, 6) is 1.93. The average Bonchev–Trinajstić information content (AvgIpc) is 3.16. The molecule has 0 fully saturated rings. The Morgan fingerprint density at radius 1 is 1.10 bits per heavy atom. The molecule has 29 heavy (non-hydrogen) atoms. The maximum atomic E-state index is 12.1. The van der Waals surface area contributed by atoms with Crippen LogP contribution >= 0.6 is 34.7 Å². The van der Waals surface area contributed by atoms with Crippen LogP contribution in [0.5, 0.6) is 11.5 Å². The molecule has 0 bridgehead atoms. The number of nitrogens with zero attached hydrogens (tertiary/aromatic N) is 2. The lowest BCUT2D eigenvalue weighted by atomic mass is 10.1. The Morgan fingerprint density at radius 3 is 2.59 bits per heavy atom. The molecular weight excluding hydrogens is 430 g/mol. The third-order valence-corrected chi connectivity index (χ3v) is 6.03. The summed E-state index contributed by atoms with van der Waals surface area (Å²) in [4.78, 5) is 13.2. The van der Waals surface area contributed by atoms with Gasteiger partial charge in [0, 0.05) is 28.5 Å². The van der Waals surface area contributed by atoms with Crippen LogP contribution in [0, 0.1) is 0 Å².